The Morgan fingerprint density at radius 3 is 2.50 bits per heavy atom. The molecule has 4 nitrogen and oxygen atoms in total. The van der Waals surface area contributed by atoms with Crippen LogP contribution < -0.4 is 5.73 Å². The van der Waals surface area contributed by atoms with Crippen LogP contribution in [0.2, 0.25) is 0 Å². The number of nitrogens with zero attached hydrogens (tertiary/aromatic N) is 1. The van der Waals surface area contributed by atoms with Crippen LogP contribution in [0.5, 0.6) is 0 Å². The lowest BCUT2D eigenvalue weighted by Gasteiger charge is -2.38. The van der Waals surface area contributed by atoms with E-state index in [1.807, 2.05) is 0 Å². The minimum atomic E-state index is -0.764. The third kappa shape index (κ3) is 1.94. The van der Waals surface area contributed by atoms with E-state index in [2.05, 4.69) is 0 Å². The number of nitrogens with two attached hydrogens (primary N) is 1. The van der Waals surface area contributed by atoms with Gasteiger partial charge in [0.15, 0.2) is 0 Å². The van der Waals surface area contributed by atoms with Gasteiger partial charge in [0.25, 0.3) is 0 Å². The molecular formula is C11H18N2O2S. The first kappa shape index (κ1) is 11.8. The molecule has 1 amide bonds. The zero-order valence-corrected chi connectivity index (χ0v) is 10.3. The van der Waals surface area contributed by atoms with Crippen LogP contribution >= 0.6 is 12.2 Å². The third-order valence-corrected chi connectivity index (χ3v) is 3.98. The number of piperidine rings is 1. The normalized spacial score (nSPS) is 32.2. The maximum Gasteiger partial charge on any atom is 0.235 e. The summed E-state index contributed by atoms with van der Waals surface area (Å²) in [6, 6.07) is 0. The molecule has 1 unspecified atom stereocenters. The van der Waals surface area contributed by atoms with Gasteiger partial charge in [-0.25, -0.2) is 0 Å². The molecule has 90 valence electrons. The summed E-state index contributed by atoms with van der Waals surface area (Å²) in [5.74, 6) is 0.0139. The molecule has 5 heteroatoms. The summed E-state index contributed by atoms with van der Waals surface area (Å²) in [5.41, 5.74) is 4.29. The Hall–Kier alpha value is -0.680. The second-order valence-electron chi connectivity index (χ2n) is 5.27. The molecule has 1 aliphatic heterocycles. The van der Waals surface area contributed by atoms with Crippen molar-refractivity contribution in [2.45, 2.75) is 38.2 Å². The Morgan fingerprint density at radius 1 is 1.44 bits per heavy atom. The van der Waals surface area contributed by atoms with Gasteiger partial charge >= 0.3 is 0 Å². The fourth-order valence-corrected chi connectivity index (χ4v) is 2.68. The minimum absolute atomic E-state index is 0.0139. The first-order chi connectivity index (χ1) is 7.37. The Morgan fingerprint density at radius 2 is 2.06 bits per heavy atom. The highest BCUT2D eigenvalue weighted by atomic mass is 32.1. The number of likely N-dealkylation sites (tertiary alicyclic amines) is 1. The summed E-state index contributed by atoms with van der Waals surface area (Å²) in [6.07, 6.45) is 3.11. The molecule has 1 saturated carbocycles. The molecule has 0 radical (unpaired) electrons. The van der Waals surface area contributed by atoms with Crippen LogP contribution in [0.3, 0.4) is 0 Å². The van der Waals surface area contributed by atoms with Gasteiger partial charge in [0, 0.05) is 13.1 Å². The number of hydrogen-bond donors (Lipinski definition) is 2. The Bertz CT molecular complexity index is 337. The average molecular weight is 242 g/mol. The molecular weight excluding hydrogens is 224 g/mol. The van der Waals surface area contributed by atoms with Crippen LogP contribution in [-0.2, 0) is 4.79 Å². The molecule has 2 fully saturated rings. The van der Waals surface area contributed by atoms with Crippen molar-refractivity contribution in [2.75, 3.05) is 13.1 Å². The van der Waals surface area contributed by atoms with Crippen LogP contribution in [-0.4, -0.2) is 39.6 Å². The van der Waals surface area contributed by atoms with E-state index in [4.69, 9.17) is 18.0 Å². The van der Waals surface area contributed by atoms with Gasteiger partial charge in [-0.05, 0) is 32.6 Å². The van der Waals surface area contributed by atoms with Gasteiger partial charge in [0.2, 0.25) is 5.91 Å². The van der Waals surface area contributed by atoms with E-state index in [1.54, 1.807) is 11.8 Å². The molecule has 16 heavy (non-hydrogen) atoms. The molecule has 1 heterocycles. The first-order valence-corrected chi connectivity index (χ1v) is 6.10. The number of aliphatic hydroxyl groups is 1. The molecule has 2 aliphatic rings. The van der Waals surface area contributed by atoms with Gasteiger partial charge in [-0.2, -0.15) is 0 Å². The molecule has 1 saturated heterocycles. The van der Waals surface area contributed by atoms with Gasteiger partial charge in [-0.15, -0.1) is 0 Å². The highest BCUT2D eigenvalue weighted by molar-refractivity contribution is 7.80. The van der Waals surface area contributed by atoms with Crippen molar-refractivity contribution in [3.63, 3.8) is 0 Å². The molecule has 0 aromatic heterocycles. The summed E-state index contributed by atoms with van der Waals surface area (Å²) in [7, 11) is 0. The van der Waals surface area contributed by atoms with Crippen LogP contribution in [0, 0.1) is 5.41 Å². The van der Waals surface area contributed by atoms with Crippen LogP contribution in [0.15, 0.2) is 0 Å². The zero-order chi connectivity index (χ0) is 12.0. The maximum atomic E-state index is 12.3. The van der Waals surface area contributed by atoms with Crippen LogP contribution in [0.1, 0.15) is 32.6 Å². The summed E-state index contributed by atoms with van der Waals surface area (Å²) in [4.78, 5) is 14.3. The molecule has 0 spiro atoms. The van der Waals surface area contributed by atoms with Gasteiger partial charge in [-0.1, -0.05) is 12.2 Å². The van der Waals surface area contributed by atoms with Crippen molar-refractivity contribution < 1.29 is 9.90 Å². The van der Waals surface area contributed by atoms with E-state index in [1.165, 1.54) is 0 Å². The summed E-state index contributed by atoms with van der Waals surface area (Å²) < 4.78 is 0. The molecule has 1 aliphatic carbocycles. The number of amides is 1. The number of hydrogen-bond acceptors (Lipinski definition) is 3. The van der Waals surface area contributed by atoms with Crippen molar-refractivity contribution in [2.24, 2.45) is 11.1 Å². The maximum absolute atomic E-state index is 12.3. The van der Waals surface area contributed by atoms with Gasteiger partial charge in [0.05, 0.1) is 16.0 Å². The standard InChI is InChI=1S/C11H18N2O2S/c1-10(15)3-2-6-13(7-10)9(14)11(4-5-11)8(12)16/h15H,2-7H2,1H3,(H2,12,16). The van der Waals surface area contributed by atoms with E-state index in [9.17, 15) is 9.90 Å². The zero-order valence-electron chi connectivity index (χ0n) is 9.53. The highest BCUT2D eigenvalue weighted by Crippen LogP contribution is 2.48. The lowest BCUT2D eigenvalue weighted by Crippen LogP contribution is -2.52. The second kappa shape index (κ2) is 3.67. The van der Waals surface area contributed by atoms with Crippen molar-refractivity contribution in [1.82, 2.24) is 4.90 Å². The number of carbonyl (C=O) groups excluding carboxylic acids is 1. The van der Waals surface area contributed by atoms with Gasteiger partial charge < -0.3 is 15.7 Å². The lowest BCUT2D eigenvalue weighted by molar-refractivity contribution is -0.140. The topological polar surface area (TPSA) is 66.6 Å². The highest BCUT2D eigenvalue weighted by Gasteiger charge is 2.55. The van der Waals surface area contributed by atoms with Crippen LogP contribution in [0.4, 0.5) is 0 Å². The molecule has 3 N–H and O–H groups in total. The summed E-state index contributed by atoms with van der Waals surface area (Å²) in [5, 5.41) is 9.96. The number of β-amino-alcohol motifs (C(OH)–C–C–N with tert-alkyl or cyclic N) is 1. The minimum Gasteiger partial charge on any atom is -0.392 e. The predicted molar refractivity (Wildman–Crippen MR) is 64.9 cm³/mol. The Kier molecular flexibility index (Phi) is 2.70. The first-order valence-electron chi connectivity index (χ1n) is 5.69. The summed E-state index contributed by atoms with van der Waals surface area (Å²) in [6.45, 7) is 2.88. The number of rotatable bonds is 2. The van der Waals surface area contributed by atoms with Crippen molar-refractivity contribution in [3.05, 3.63) is 0 Å². The van der Waals surface area contributed by atoms with Gasteiger partial charge in [0.1, 0.15) is 0 Å². The largest absolute Gasteiger partial charge is 0.392 e. The van der Waals surface area contributed by atoms with E-state index in [0.29, 0.717) is 18.1 Å². The summed E-state index contributed by atoms with van der Waals surface area (Å²) >= 11 is 4.96. The molecule has 0 aromatic rings. The van der Waals surface area contributed by atoms with Crippen LogP contribution in [0.25, 0.3) is 0 Å². The van der Waals surface area contributed by atoms with Crippen molar-refractivity contribution in [1.29, 1.82) is 0 Å². The fraction of sp³-hybridized carbons (Fsp3) is 0.818. The monoisotopic (exact) mass is 242 g/mol. The van der Waals surface area contributed by atoms with Crippen molar-refractivity contribution >= 4 is 23.1 Å². The van der Waals surface area contributed by atoms with Crippen molar-refractivity contribution in [3.8, 4) is 0 Å². The predicted octanol–water partition coefficient (Wildman–Crippen LogP) is 0.426. The SMILES string of the molecule is CC1(O)CCCN(C(=O)C2(C(N)=S)CC2)C1. The number of thiocarbonyl (C=S) groups is 1. The quantitative estimate of drug-likeness (QED) is 0.689. The average Bonchev–Trinajstić information content (AvgIpc) is 2.95. The van der Waals surface area contributed by atoms with E-state index < -0.39 is 11.0 Å². The van der Waals surface area contributed by atoms with Gasteiger partial charge in [-0.3, -0.25) is 4.79 Å². The van der Waals surface area contributed by atoms with E-state index in [-0.39, 0.29) is 5.91 Å². The third-order valence-electron chi connectivity index (χ3n) is 3.59. The smallest absolute Gasteiger partial charge is 0.235 e. The molecule has 0 aromatic carbocycles. The fourth-order valence-electron chi connectivity index (χ4n) is 2.39. The molecule has 2 rings (SSSR count). The second-order valence-corrected chi connectivity index (χ2v) is 5.71. The number of carbonyl (C=O) groups is 1. The molecule has 0 bridgehead atoms. The van der Waals surface area contributed by atoms with E-state index >= 15 is 0 Å². The Balaban J connectivity index is 2.08. The molecule has 1 atom stereocenters. The van der Waals surface area contributed by atoms with E-state index in [0.717, 1.165) is 25.7 Å². The lowest BCUT2D eigenvalue weighted by atomic mass is 9.93. The Labute approximate surface area is 101 Å².